The first-order chi connectivity index (χ1) is 18.0. The second-order valence-corrected chi connectivity index (χ2v) is 11.5. The third-order valence-electron chi connectivity index (χ3n) is 8.22. The Morgan fingerprint density at radius 2 is 1.03 bits per heavy atom. The molecular formula is C36H27N. The van der Waals surface area contributed by atoms with Crippen molar-refractivity contribution in [1.82, 2.24) is 4.40 Å². The van der Waals surface area contributed by atoms with Crippen LogP contribution in [0.4, 0.5) is 0 Å². The fourth-order valence-corrected chi connectivity index (χ4v) is 6.25. The zero-order chi connectivity index (χ0) is 24.9. The Hall–Kier alpha value is -4.36. The van der Waals surface area contributed by atoms with E-state index in [1.165, 1.54) is 76.3 Å². The van der Waals surface area contributed by atoms with Crippen molar-refractivity contribution in [2.24, 2.45) is 0 Å². The SMILES string of the molecule is CC(C)(C)c1ccc(-c2ccc3cc4c5cccc6c7cc8ccccc8cc7n(c4cc3c2)c65)cc1. The molecule has 0 bridgehead atoms. The second-order valence-electron chi connectivity index (χ2n) is 11.5. The van der Waals surface area contributed by atoms with Crippen LogP contribution in [-0.4, -0.2) is 4.40 Å². The van der Waals surface area contributed by atoms with Gasteiger partial charge in [-0.15, -0.1) is 0 Å². The Balaban J connectivity index is 1.41. The van der Waals surface area contributed by atoms with Gasteiger partial charge in [-0.25, -0.2) is 0 Å². The minimum Gasteiger partial charge on any atom is -0.308 e. The maximum absolute atomic E-state index is 2.49. The van der Waals surface area contributed by atoms with Crippen LogP contribution < -0.4 is 0 Å². The molecule has 8 rings (SSSR count). The standard InChI is InChI=1S/C36H27N/c1-36(2,3)28-15-13-22(14-16-28)25-11-12-26-19-32-30-10-6-9-29-31-18-23-7-4-5-8-24(23)20-33(31)37(35(29)30)34(32)21-27(26)17-25/h4-21H,1-3H3. The molecule has 2 heterocycles. The summed E-state index contributed by atoms with van der Waals surface area (Å²) in [5, 5.41) is 10.5. The maximum Gasteiger partial charge on any atom is 0.0620 e. The summed E-state index contributed by atoms with van der Waals surface area (Å²) >= 11 is 0. The lowest BCUT2D eigenvalue weighted by atomic mass is 9.86. The second kappa shape index (κ2) is 7.11. The van der Waals surface area contributed by atoms with Crippen molar-refractivity contribution in [3.05, 3.63) is 115 Å². The van der Waals surface area contributed by atoms with Gasteiger partial charge in [0.15, 0.2) is 0 Å². The molecule has 0 spiro atoms. The molecule has 0 aliphatic heterocycles. The fourth-order valence-electron chi connectivity index (χ4n) is 6.25. The van der Waals surface area contributed by atoms with Gasteiger partial charge in [0.1, 0.15) is 0 Å². The van der Waals surface area contributed by atoms with Crippen molar-refractivity contribution in [3.63, 3.8) is 0 Å². The summed E-state index contributed by atoms with van der Waals surface area (Å²) in [6, 6.07) is 40.9. The summed E-state index contributed by atoms with van der Waals surface area (Å²) in [6.07, 6.45) is 0. The highest BCUT2D eigenvalue weighted by atomic mass is 14.9. The predicted molar refractivity (Wildman–Crippen MR) is 160 cm³/mol. The molecule has 37 heavy (non-hydrogen) atoms. The van der Waals surface area contributed by atoms with Crippen molar-refractivity contribution < 1.29 is 0 Å². The molecule has 0 radical (unpaired) electrons. The van der Waals surface area contributed by atoms with Crippen LogP contribution in [0.1, 0.15) is 26.3 Å². The molecule has 0 amide bonds. The molecule has 1 nitrogen and oxygen atoms in total. The van der Waals surface area contributed by atoms with Crippen LogP contribution in [0.15, 0.2) is 109 Å². The van der Waals surface area contributed by atoms with Crippen molar-refractivity contribution in [2.45, 2.75) is 26.2 Å². The largest absolute Gasteiger partial charge is 0.308 e. The molecule has 0 saturated heterocycles. The average Bonchev–Trinajstić information content (AvgIpc) is 3.41. The van der Waals surface area contributed by atoms with Gasteiger partial charge in [0.2, 0.25) is 0 Å². The monoisotopic (exact) mass is 473 g/mol. The summed E-state index contributed by atoms with van der Waals surface area (Å²) in [6.45, 7) is 6.80. The molecule has 0 N–H and O–H groups in total. The Morgan fingerprint density at radius 3 is 1.68 bits per heavy atom. The minimum atomic E-state index is 0.160. The Morgan fingerprint density at radius 1 is 0.459 bits per heavy atom. The van der Waals surface area contributed by atoms with E-state index in [1.54, 1.807) is 0 Å². The van der Waals surface area contributed by atoms with Crippen molar-refractivity contribution in [2.75, 3.05) is 0 Å². The quantitative estimate of drug-likeness (QED) is 0.223. The number of nitrogens with zero attached hydrogens (tertiary/aromatic N) is 1. The van der Waals surface area contributed by atoms with E-state index in [0.29, 0.717) is 0 Å². The van der Waals surface area contributed by atoms with E-state index in [2.05, 4.69) is 134 Å². The summed E-state index contributed by atoms with van der Waals surface area (Å²) in [7, 11) is 0. The lowest BCUT2D eigenvalue weighted by Gasteiger charge is -2.19. The molecule has 1 heteroatoms. The van der Waals surface area contributed by atoms with Gasteiger partial charge < -0.3 is 4.40 Å². The van der Waals surface area contributed by atoms with Gasteiger partial charge >= 0.3 is 0 Å². The van der Waals surface area contributed by atoms with E-state index in [4.69, 9.17) is 0 Å². The zero-order valence-corrected chi connectivity index (χ0v) is 21.3. The van der Waals surface area contributed by atoms with E-state index < -0.39 is 0 Å². The Labute approximate surface area is 215 Å². The van der Waals surface area contributed by atoms with E-state index in [1.807, 2.05) is 0 Å². The third-order valence-corrected chi connectivity index (χ3v) is 8.22. The van der Waals surface area contributed by atoms with Crippen LogP contribution >= 0.6 is 0 Å². The maximum atomic E-state index is 2.49. The van der Waals surface area contributed by atoms with Gasteiger partial charge in [-0.1, -0.05) is 99.6 Å². The first kappa shape index (κ1) is 20.8. The molecule has 6 aromatic carbocycles. The van der Waals surface area contributed by atoms with Crippen LogP contribution in [0.5, 0.6) is 0 Å². The van der Waals surface area contributed by atoms with Crippen molar-refractivity contribution in [3.8, 4) is 11.1 Å². The number of benzene rings is 6. The highest BCUT2D eigenvalue weighted by Gasteiger charge is 2.18. The van der Waals surface area contributed by atoms with Crippen LogP contribution in [0, 0.1) is 0 Å². The molecule has 0 atom stereocenters. The normalized spacial score (nSPS) is 12.7. The number of aromatic nitrogens is 1. The lowest BCUT2D eigenvalue weighted by molar-refractivity contribution is 0.590. The highest BCUT2D eigenvalue weighted by Crippen LogP contribution is 2.41. The first-order valence-electron chi connectivity index (χ1n) is 13.1. The topological polar surface area (TPSA) is 4.41 Å². The van der Waals surface area contributed by atoms with Gasteiger partial charge in [0, 0.05) is 21.5 Å². The number of hydrogen-bond donors (Lipinski definition) is 0. The highest BCUT2D eigenvalue weighted by molar-refractivity contribution is 6.25. The number of hydrogen-bond acceptors (Lipinski definition) is 0. The van der Waals surface area contributed by atoms with Gasteiger partial charge in [-0.3, -0.25) is 0 Å². The zero-order valence-electron chi connectivity index (χ0n) is 21.3. The number of para-hydroxylation sites is 1. The van der Waals surface area contributed by atoms with E-state index in [0.717, 1.165) is 0 Å². The molecule has 0 unspecified atom stereocenters. The molecule has 0 aliphatic carbocycles. The molecule has 0 aliphatic rings. The smallest absolute Gasteiger partial charge is 0.0620 e. The Kier molecular flexibility index (Phi) is 4.00. The molecule has 0 fully saturated rings. The molecular weight excluding hydrogens is 446 g/mol. The van der Waals surface area contributed by atoms with Crippen LogP contribution in [0.25, 0.3) is 70.8 Å². The summed E-state index contributed by atoms with van der Waals surface area (Å²) in [5.41, 5.74) is 7.95. The van der Waals surface area contributed by atoms with Gasteiger partial charge in [0.05, 0.1) is 16.6 Å². The van der Waals surface area contributed by atoms with Crippen LogP contribution in [-0.2, 0) is 5.41 Å². The summed E-state index contributed by atoms with van der Waals surface area (Å²) in [4.78, 5) is 0. The van der Waals surface area contributed by atoms with E-state index in [9.17, 15) is 0 Å². The third kappa shape index (κ3) is 2.92. The average molecular weight is 474 g/mol. The summed E-state index contributed by atoms with van der Waals surface area (Å²) < 4.78 is 2.49. The van der Waals surface area contributed by atoms with Gasteiger partial charge in [-0.2, -0.15) is 0 Å². The van der Waals surface area contributed by atoms with Gasteiger partial charge in [0.25, 0.3) is 0 Å². The summed E-state index contributed by atoms with van der Waals surface area (Å²) in [5.74, 6) is 0. The fraction of sp³-hybridized carbons (Fsp3) is 0.111. The van der Waals surface area contributed by atoms with Crippen molar-refractivity contribution >= 4 is 59.6 Å². The molecule has 0 saturated carbocycles. The first-order valence-corrected chi connectivity index (χ1v) is 13.1. The Bertz CT molecular complexity index is 2150. The predicted octanol–water partition coefficient (Wildman–Crippen LogP) is 10.1. The van der Waals surface area contributed by atoms with Crippen LogP contribution in [0.3, 0.4) is 0 Å². The van der Waals surface area contributed by atoms with Gasteiger partial charge in [-0.05, 0) is 74.0 Å². The molecule has 2 aromatic heterocycles. The van der Waals surface area contributed by atoms with E-state index in [-0.39, 0.29) is 5.41 Å². The molecule has 176 valence electrons. The molecule has 8 aromatic rings. The lowest BCUT2D eigenvalue weighted by Crippen LogP contribution is -2.10. The minimum absolute atomic E-state index is 0.160. The number of rotatable bonds is 1. The van der Waals surface area contributed by atoms with Crippen molar-refractivity contribution in [1.29, 1.82) is 0 Å². The van der Waals surface area contributed by atoms with Crippen LogP contribution in [0.2, 0.25) is 0 Å². The number of fused-ring (bicyclic) bond motifs is 8. The van der Waals surface area contributed by atoms with E-state index >= 15 is 0 Å².